The largest absolute Gasteiger partial charge is 0.380 e. The Kier molecular flexibility index (Phi) is 7.33. The molecule has 1 aliphatic heterocycles. The maximum absolute atomic E-state index is 5.73. The highest BCUT2D eigenvalue weighted by molar-refractivity contribution is 4.94. The summed E-state index contributed by atoms with van der Waals surface area (Å²) in [6, 6.07) is 0.633. The first-order valence-electron chi connectivity index (χ1n) is 8.07. The van der Waals surface area contributed by atoms with E-state index in [0.29, 0.717) is 6.04 Å². The quantitative estimate of drug-likeness (QED) is 0.686. The molecule has 0 radical (unpaired) electrons. The van der Waals surface area contributed by atoms with Gasteiger partial charge in [0, 0.05) is 37.8 Å². The molecule has 1 fully saturated rings. The maximum Gasteiger partial charge on any atom is 0.0593 e. The molecule has 0 spiro atoms. The van der Waals surface area contributed by atoms with Crippen molar-refractivity contribution in [2.75, 3.05) is 32.8 Å². The van der Waals surface area contributed by atoms with Crippen LogP contribution in [0.1, 0.15) is 53.9 Å². The van der Waals surface area contributed by atoms with E-state index in [2.05, 4.69) is 44.8 Å². The lowest BCUT2D eigenvalue weighted by atomic mass is 9.91. The van der Waals surface area contributed by atoms with Gasteiger partial charge in [0.05, 0.1) is 6.61 Å². The van der Waals surface area contributed by atoms with Crippen LogP contribution in [0.15, 0.2) is 0 Å². The first-order valence-corrected chi connectivity index (χ1v) is 8.07. The number of hydrogen-bond acceptors (Lipinski definition) is 3. The summed E-state index contributed by atoms with van der Waals surface area (Å²) in [5, 5.41) is 3.72. The Morgan fingerprint density at radius 2 is 2.05 bits per heavy atom. The van der Waals surface area contributed by atoms with E-state index in [1.165, 1.54) is 19.3 Å². The van der Waals surface area contributed by atoms with E-state index in [-0.39, 0.29) is 5.54 Å². The summed E-state index contributed by atoms with van der Waals surface area (Å²) in [5.41, 5.74) is 0.248. The number of hydrogen-bond donors (Lipinski definition) is 1. The number of nitrogens with zero attached hydrogens (tertiary/aromatic N) is 1. The van der Waals surface area contributed by atoms with Crippen molar-refractivity contribution in [1.82, 2.24) is 10.2 Å². The second-order valence-electron chi connectivity index (χ2n) is 6.60. The van der Waals surface area contributed by atoms with E-state index in [9.17, 15) is 0 Å². The van der Waals surface area contributed by atoms with Crippen molar-refractivity contribution in [3.05, 3.63) is 0 Å². The molecule has 1 heterocycles. The van der Waals surface area contributed by atoms with Gasteiger partial charge in [0.2, 0.25) is 0 Å². The van der Waals surface area contributed by atoms with Crippen molar-refractivity contribution in [3.63, 3.8) is 0 Å². The highest BCUT2D eigenvalue weighted by Crippen LogP contribution is 2.22. The van der Waals surface area contributed by atoms with Crippen molar-refractivity contribution >= 4 is 0 Å². The van der Waals surface area contributed by atoms with Gasteiger partial charge < -0.3 is 10.1 Å². The van der Waals surface area contributed by atoms with Gasteiger partial charge in [-0.1, -0.05) is 33.6 Å². The molecule has 0 amide bonds. The monoisotopic (exact) mass is 270 g/mol. The van der Waals surface area contributed by atoms with Crippen molar-refractivity contribution < 1.29 is 4.74 Å². The third-order valence-corrected chi connectivity index (χ3v) is 4.55. The van der Waals surface area contributed by atoms with Gasteiger partial charge in [0.1, 0.15) is 0 Å². The second kappa shape index (κ2) is 8.23. The smallest absolute Gasteiger partial charge is 0.0593 e. The molecular formula is C16H34N2O. The normalized spacial score (nSPS) is 25.4. The third-order valence-electron chi connectivity index (χ3n) is 4.55. The van der Waals surface area contributed by atoms with Crippen LogP contribution in [0.5, 0.6) is 0 Å². The Bertz CT molecular complexity index is 243. The fraction of sp³-hybridized carbons (Fsp3) is 1.00. The van der Waals surface area contributed by atoms with Crippen molar-refractivity contribution in [2.45, 2.75) is 65.5 Å². The Labute approximate surface area is 120 Å². The molecule has 3 nitrogen and oxygen atoms in total. The molecular weight excluding hydrogens is 236 g/mol. The van der Waals surface area contributed by atoms with Gasteiger partial charge in [0.25, 0.3) is 0 Å². The highest BCUT2D eigenvalue weighted by Gasteiger charge is 2.34. The minimum atomic E-state index is 0.248. The van der Waals surface area contributed by atoms with Gasteiger partial charge in [-0.3, -0.25) is 4.90 Å². The zero-order valence-electron chi connectivity index (χ0n) is 13.7. The molecule has 0 aliphatic carbocycles. The van der Waals surface area contributed by atoms with Crippen LogP contribution in [0, 0.1) is 5.92 Å². The van der Waals surface area contributed by atoms with Gasteiger partial charge in [-0.15, -0.1) is 0 Å². The summed E-state index contributed by atoms with van der Waals surface area (Å²) >= 11 is 0. The van der Waals surface area contributed by atoms with Crippen LogP contribution < -0.4 is 5.32 Å². The molecule has 1 saturated heterocycles. The number of rotatable bonds is 8. The van der Waals surface area contributed by atoms with Crippen molar-refractivity contribution in [1.29, 1.82) is 0 Å². The average Bonchev–Trinajstić information content (AvgIpc) is 2.39. The Balaban J connectivity index is 2.38. The van der Waals surface area contributed by atoms with E-state index >= 15 is 0 Å². The summed E-state index contributed by atoms with van der Waals surface area (Å²) in [7, 11) is 0. The highest BCUT2D eigenvalue weighted by atomic mass is 16.5. The van der Waals surface area contributed by atoms with E-state index in [4.69, 9.17) is 4.74 Å². The van der Waals surface area contributed by atoms with Crippen LogP contribution in [0.4, 0.5) is 0 Å². The van der Waals surface area contributed by atoms with Crippen LogP contribution in [0.3, 0.4) is 0 Å². The minimum Gasteiger partial charge on any atom is -0.380 e. The molecule has 0 aromatic rings. The minimum absolute atomic E-state index is 0.248. The number of unbranched alkanes of at least 4 members (excludes halogenated alkanes) is 1. The molecule has 2 unspecified atom stereocenters. The first kappa shape index (κ1) is 16.9. The summed E-state index contributed by atoms with van der Waals surface area (Å²) in [4.78, 5) is 2.60. The molecule has 2 atom stereocenters. The molecule has 0 saturated carbocycles. The lowest BCUT2D eigenvalue weighted by Crippen LogP contribution is -2.63. The molecule has 1 aliphatic rings. The molecule has 0 aromatic carbocycles. The maximum atomic E-state index is 5.73. The van der Waals surface area contributed by atoms with Gasteiger partial charge in [0.15, 0.2) is 0 Å². The Hall–Kier alpha value is -0.120. The zero-order valence-corrected chi connectivity index (χ0v) is 13.7. The number of nitrogens with one attached hydrogen (secondary N) is 1. The van der Waals surface area contributed by atoms with Crippen LogP contribution in [0.25, 0.3) is 0 Å². The standard InChI is InChI=1S/C16H34N2O/c1-6-8-10-19-11-9-18-12-15(14(3)7-2)17-13-16(18,4)5/h14-15,17H,6-13H2,1-5H3. The molecule has 3 heteroatoms. The average molecular weight is 270 g/mol. The van der Waals surface area contributed by atoms with Gasteiger partial charge in [-0.2, -0.15) is 0 Å². The SMILES string of the molecule is CCCCOCCN1CC(C(C)CC)NCC1(C)C. The summed E-state index contributed by atoms with van der Waals surface area (Å²) in [6.45, 7) is 16.6. The lowest BCUT2D eigenvalue weighted by molar-refractivity contribution is 0.0196. The molecule has 114 valence electrons. The second-order valence-corrected chi connectivity index (χ2v) is 6.60. The van der Waals surface area contributed by atoms with E-state index in [1.54, 1.807) is 0 Å². The van der Waals surface area contributed by atoms with Crippen LogP contribution in [0.2, 0.25) is 0 Å². The summed E-state index contributed by atoms with van der Waals surface area (Å²) in [5.74, 6) is 0.750. The van der Waals surface area contributed by atoms with Crippen LogP contribution in [-0.4, -0.2) is 49.3 Å². The van der Waals surface area contributed by atoms with Crippen LogP contribution >= 0.6 is 0 Å². The molecule has 1 N–H and O–H groups in total. The van der Waals surface area contributed by atoms with Gasteiger partial charge >= 0.3 is 0 Å². The zero-order chi connectivity index (χ0) is 14.3. The van der Waals surface area contributed by atoms with E-state index in [0.717, 1.165) is 38.8 Å². The van der Waals surface area contributed by atoms with E-state index in [1.807, 2.05) is 0 Å². The van der Waals surface area contributed by atoms with Gasteiger partial charge in [-0.25, -0.2) is 0 Å². The third kappa shape index (κ3) is 5.41. The fourth-order valence-corrected chi connectivity index (χ4v) is 2.62. The lowest BCUT2D eigenvalue weighted by Gasteiger charge is -2.47. The topological polar surface area (TPSA) is 24.5 Å². The molecule has 0 aromatic heterocycles. The predicted octanol–water partition coefficient (Wildman–Crippen LogP) is 2.90. The van der Waals surface area contributed by atoms with Crippen LogP contribution in [-0.2, 0) is 4.74 Å². The first-order chi connectivity index (χ1) is 9.01. The predicted molar refractivity (Wildman–Crippen MR) is 82.6 cm³/mol. The summed E-state index contributed by atoms with van der Waals surface area (Å²) < 4.78 is 5.73. The molecule has 0 bridgehead atoms. The Morgan fingerprint density at radius 1 is 1.32 bits per heavy atom. The van der Waals surface area contributed by atoms with Crippen molar-refractivity contribution in [2.24, 2.45) is 5.92 Å². The number of ether oxygens (including phenoxy) is 1. The Morgan fingerprint density at radius 3 is 2.68 bits per heavy atom. The molecule has 1 rings (SSSR count). The number of piperazine rings is 1. The van der Waals surface area contributed by atoms with Crippen molar-refractivity contribution in [3.8, 4) is 0 Å². The summed E-state index contributed by atoms with van der Waals surface area (Å²) in [6.07, 6.45) is 3.65. The fourth-order valence-electron chi connectivity index (χ4n) is 2.62. The molecule has 19 heavy (non-hydrogen) atoms. The van der Waals surface area contributed by atoms with E-state index < -0.39 is 0 Å². The van der Waals surface area contributed by atoms with Gasteiger partial charge in [-0.05, 0) is 26.2 Å².